The van der Waals surface area contributed by atoms with Crippen molar-refractivity contribution in [2.45, 2.75) is 19.4 Å². The van der Waals surface area contributed by atoms with Crippen molar-refractivity contribution in [1.29, 1.82) is 0 Å². The fraction of sp³-hybridized carbons (Fsp3) is 1.00. The number of hydrogen-bond donors (Lipinski definition) is 0. The summed E-state index contributed by atoms with van der Waals surface area (Å²) in [7, 11) is -7.21. The molecule has 16 heavy (non-hydrogen) atoms. The van der Waals surface area contributed by atoms with Gasteiger partial charge in [-0.3, -0.25) is 0 Å². The van der Waals surface area contributed by atoms with Crippen LogP contribution >= 0.6 is 15.9 Å². The van der Waals surface area contributed by atoms with E-state index in [1.165, 1.54) is 4.31 Å². The van der Waals surface area contributed by atoms with Crippen LogP contribution in [0.4, 0.5) is 0 Å². The highest BCUT2D eigenvalue weighted by Gasteiger charge is 2.39. The second-order valence-corrected chi connectivity index (χ2v) is 9.33. The van der Waals surface area contributed by atoms with Crippen molar-refractivity contribution in [3.05, 3.63) is 0 Å². The van der Waals surface area contributed by atoms with Gasteiger partial charge >= 0.3 is 0 Å². The third-order valence-corrected chi connectivity index (χ3v) is 7.45. The Labute approximate surface area is 105 Å². The normalized spacial score (nSPS) is 28.4. The monoisotopic (exact) mass is 333 g/mol. The predicted octanol–water partition coefficient (Wildman–Crippen LogP) is 0.424. The minimum atomic E-state index is -3.70. The zero-order valence-electron chi connectivity index (χ0n) is 9.26. The third kappa shape index (κ3) is 3.41. The smallest absolute Gasteiger partial charge is 0.228 e. The summed E-state index contributed by atoms with van der Waals surface area (Å²) in [4.78, 5) is 0. The van der Waals surface area contributed by atoms with Gasteiger partial charge in [0.25, 0.3) is 0 Å². The molecule has 0 N–H and O–H groups in total. The molecule has 1 heterocycles. The SMILES string of the molecule is CC1CCN(S(=O)(=O)CS(C)(=O)=O)C1CBr. The minimum absolute atomic E-state index is 0.133. The van der Waals surface area contributed by atoms with Gasteiger partial charge < -0.3 is 0 Å². The Hall–Kier alpha value is 0.340. The summed E-state index contributed by atoms with van der Waals surface area (Å²) in [6.45, 7) is 2.39. The average molecular weight is 334 g/mol. The van der Waals surface area contributed by atoms with Crippen molar-refractivity contribution >= 4 is 35.8 Å². The average Bonchev–Trinajstić information content (AvgIpc) is 2.42. The Kier molecular flexibility index (Phi) is 4.42. The van der Waals surface area contributed by atoms with E-state index in [2.05, 4.69) is 15.9 Å². The molecule has 0 spiro atoms. The molecule has 8 heteroatoms. The van der Waals surface area contributed by atoms with Crippen LogP contribution < -0.4 is 0 Å². The molecular weight excluding hydrogens is 318 g/mol. The highest BCUT2D eigenvalue weighted by molar-refractivity contribution is 9.09. The molecular formula is C8H16BrNO4S2. The lowest BCUT2D eigenvalue weighted by molar-refractivity contribution is 0.380. The van der Waals surface area contributed by atoms with Crippen molar-refractivity contribution in [2.75, 3.05) is 23.2 Å². The number of hydrogen-bond acceptors (Lipinski definition) is 4. The van der Waals surface area contributed by atoms with Gasteiger partial charge in [0.05, 0.1) is 0 Å². The molecule has 0 aromatic carbocycles. The van der Waals surface area contributed by atoms with E-state index in [9.17, 15) is 16.8 Å². The lowest BCUT2D eigenvalue weighted by Gasteiger charge is -2.24. The molecule has 1 aliphatic heterocycles. The van der Waals surface area contributed by atoms with Crippen molar-refractivity contribution in [3.8, 4) is 0 Å². The second kappa shape index (κ2) is 4.91. The van der Waals surface area contributed by atoms with Crippen LogP contribution in [0.25, 0.3) is 0 Å². The Morgan fingerprint density at radius 1 is 1.31 bits per heavy atom. The van der Waals surface area contributed by atoms with Gasteiger partial charge in [-0.2, -0.15) is 4.31 Å². The molecule has 1 saturated heterocycles. The molecule has 0 radical (unpaired) electrons. The summed E-state index contributed by atoms with van der Waals surface area (Å²) in [6.07, 6.45) is 1.71. The van der Waals surface area contributed by atoms with Crippen LogP contribution in [-0.2, 0) is 19.9 Å². The summed E-state index contributed by atoms with van der Waals surface area (Å²) < 4.78 is 47.2. The fourth-order valence-electron chi connectivity index (χ4n) is 1.89. The molecule has 2 unspecified atom stereocenters. The number of sulfone groups is 1. The Bertz CT molecular complexity index is 445. The number of rotatable bonds is 4. The summed E-state index contributed by atoms with van der Waals surface area (Å²) in [5.74, 6) is 0.258. The maximum atomic E-state index is 11.9. The molecule has 0 saturated carbocycles. The van der Waals surface area contributed by atoms with Crippen LogP contribution in [0.1, 0.15) is 13.3 Å². The maximum absolute atomic E-state index is 11.9. The fourth-order valence-corrected chi connectivity index (χ4v) is 6.85. The number of nitrogens with zero attached hydrogens (tertiary/aromatic N) is 1. The molecule has 0 aromatic rings. The van der Waals surface area contributed by atoms with Gasteiger partial charge in [0.15, 0.2) is 14.9 Å². The number of sulfonamides is 1. The van der Waals surface area contributed by atoms with Gasteiger partial charge in [-0.25, -0.2) is 16.8 Å². The zero-order chi connectivity index (χ0) is 12.6. The van der Waals surface area contributed by atoms with Gasteiger partial charge in [0.1, 0.15) is 0 Å². The molecule has 1 aliphatic rings. The third-order valence-electron chi connectivity index (χ3n) is 2.71. The highest BCUT2D eigenvalue weighted by atomic mass is 79.9. The second-order valence-electron chi connectivity index (χ2n) is 4.25. The van der Waals surface area contributed by atoms with E-state index in [-0.39, 0.29) is 12.0 Å². The van der Waals surface area contributed by atoms with E-state index in [0.717, 1.165) is 12.7 Å². The quantitative estimate of drug-likeness (QED) is 0.699. The van der Waals surface area contributed by atoms with Crippen LogP contribution in [0.15, 0.2) is 0 Å². The molecule has 1 rings (SSSR count). The first-order chi connectivity index (χ1) is 7.17. The minimum Gasteiger partial charge on any atom is -0.228 e. The lowest BCUT2D eigenvalue weighted by Crippen LogP contribution is -2.41. The van der Waals surface area contributed by atoms with Crippen LogP contribution in [0.5, 0.6) is 0 Å². The lowest BCUT2D eigenvalue weighted by atomic mass is 10.1. The topological polar surface area (TPSA) is 71.5 Å². The Morgan fingerprint density at radius 2 is 1.88 bits per heavy atom. The number of alkyl halides is 1. The predicted molar refractivity (Wildman–Crippen MR) is 66.7 cm³/mol. The van der Waals surface area contributed by atoms with Crippen molar-refractivity contribution in [2.24, 2.45) is 5.92 Å². The molecule has 0 aromatic heterocycles. The van der Waals surface area contributed by atoms with Gasteiger partial charge in [0.2, 0.25) is 10.0 Å². The van der Waals surface area contributed by atoms with Crippen LogP contribution in [0.2, 0.25) is 0 Å². The molecule has 1 fully saturated rings. The van der Waals surface area contributed by atoms with E-state index in [0.29, 0.717) is 11.9 Å². The summed E-state index contributed by atoms with van der Waals surface area (Å²) in [6, 6.07) is -0.133. The van der Waals surface area contributed by atoms with Gasteiger partial charge in [-0.1, -0.05) is 22.9 Å². The zero-order valence-corrected chi connectivity index (χ0v) is 12.5. The van der Waals surface area contributed by atoms with Crippen molar-refractivity contribution in [3.63, 3.8) is 0 Å². The molecule has 2 atom stereocenters. The molecule has 0 bridgehead atoms. The van der Waals surface area contributed by atoms with E-state index < -0.39 is 24.9 Å². The van der Waals surface area contributed by atoms with E-state index >= 15 is 0 Å². The Balaban J connectivity index is 2.93. The molecule has 96 valence electrons. The van der Waals surface area contributed by atoms with E-state index in [1.54, 1.807) is 0 Å². The highest BCUT2D eigenvalue weighted by Crippen LogP contribution is 2.28. The van der Waals surface area contributed by atoms with Gasteiger partial charge in [-0.05, 0) is 12.3 Å². The molecule has 0 aliphatic carbocycles. The molecule has 0 amide bonds. The largest absolute Gasteiger partial charge is 0.228 e. The summed E-state index contributed by atoms with van der Waals surface area (Å²) in [5, 5.41) is -0.257. The van der Waals surface area contributed by atoms with E-state index in [4.69, 9.17) is 0 Å². The van der Waals surface area contributed by atoms with Gasteiger partial charge in [-0.15, -0.1) is 0 Å². The molecule has 5 nitrogen and oxygen atoms in total. The first-order valence-electron chi connectivity index (χ1n) is 4.90. The maximum Gasteiger partial charge on any atom is 0.228 e. The van der Waals surface area contributed by atoms with Crippen LogP contribution in [-0.4, -0.2) is 50.4 Å². The first-order valence-corrected chi connectivity index (χ1v) is 9.69. The van der Waals surface area contributed by atoms with Crippen LogP contribution in [0.3, 0.4) is 0 Å². The van der Waals surface area contributed by atoms with Gasteiger partial charge in [0, 0.05) is 24.2 Å². The van der Waals surface area contributed by atoms with E-state index in [1.807, 2.05) is 6.92 Å². The summed E-state index contributed by atoms with van der Waals surface area (Å²) >= 11 is 3.27. The number of halogens is 1. The van der Waals surface area contributed by atoms with Crippen LogP contribution in [0, 0.1) is 5.92 Å². The Morgan fingerprint density at radius 3 is 2.31 bits per heavy atom. The summed E-state index contributed by atoms with van der Waals surface area (Å²) in [5.41, 5.74) is 0. The first kappa shape index (κ1) is 14.4. The van der Waals surface area contributed by atoms with Crippen molar-refractivity contribution in [1.82, 2.24) is 4.31 Å². The van der Waals surface area contributed by atoms with Crippen molar-refractivity contribution < 1.29 is 16.8 Å². The standard InChI is InChI=1S/C8H16BrNO4S2/c1-7-3-4-10(8(7)5-9)16(13,14)6-15(2,11)12/h7-8H,3-6H2,1-2H3.